The van der Waals surface area contributed by atoms with E-state index in [4.69, 9.17) is 9.72 Å². The molecule has 2 aromatic carbocycles. The number of benzene rings is 2. The van der Waals surface area contributed by atoms with Crippen LogP contribution in [0.5, 0.6) is 0 Å². The van der Waals surface area contributed by atoms with E-state index in [1.54, 1.807) is 34.7 Å². The van der Waals surface area contributed by atoms with E-state index < -0.39 is 16.0 Å². The lowest BCUT2D eigenvalue weighted by atomic mass is 10.1. The Morgan fingerprint density at radius 2 is 1.85 bits per heavy atom. The molecule has 3 heterocycles. The molecule has 10 nitrogen and oxygen atoms in total. The maximum atomic E-state index is 13.6. The normalized spacial score (nSPS) is 11.2. The zero-order valence-corrected chi connectivity index (χ0v) is 22.3. The maximum absolute atomic E-state index is 13.6. The zero-order chi connectivity index (χ0) is 27.6. The number of methoxy groups -OCH3 is 1. The van der Waals surface area contributed by atoms with Crippen LogP contribution in [0.2, 0.25) is 0 Å². The second-order valence-corrected chi connectivity index (χ2v) is 10.5. The fourth-order valence-corrected chi connectivity index (χ4v) is 5.77. The standard InChI is InChI=1S/C27H20N6O4S2/c1-37-27(34)18-10-11-19(16-28)23(15-18)39(35,36)32-26-24(21-9-5-6-14-29-21)25(33(31-26)38-2)22-13-12-17-7-3-4-8-20(17)30-22/h3-15H,1-2H3,(H,31,32). The van der Waals surface area contributed by atoms with Gasteiger partial charge in [-0.25, -0.2) is 22.3 Å². The number of carbonyl (C=O) groups is 1. The molecule has 0 saturated carbocycles. The smallest absolute Gasteiger partial charge is 0.337 e. The number of carbonyl (C=O) groups excluding carboxylic acids is 1. The van der Waals surface area contributed by atoms with Gasteiger partial charge in [-0.2, -0.15) is 5.26 Å². The molecule has 0 aliphatic carbocycles. The van der Waals surface area contributed by atoms with Crippen molar-refractivity contribution in [2.75, 3.05) is 18.1 Å². The summed E-state index contributed by atoms with van der Waals surface area (Å²) in [5.74, 6) is -0.748. The third-order valence-electron chi connectivity index (χ3n) is 5.83. The molecular weight excluding hydrogens is 536 g/mol. The summed E-state index contributed by atoms with van der Waals surface area (Å²) in [6, 6.07) is 22.2. The Bertz CT molecular complexity index is 1870. The maximum Gasteiger partial charge on any atom is 0.337 e. The van der Waals surface area contributed by atoms with Gasteiger partial charge >= 0.3 is 5.97 Å². The summed E-state index contributed by atoms with van der Waals surface area (Å²) in [7, 11) is -3.21. The highest BCUT2D eigenvalue weighted by atomic mass is 32.2. The van der Waals surface area contributed by atoms with Crippen LogP contribution in [0.4, 0.5) is 5.82 Å². The quantitative estimate of drug-likeness (QED) is 0.281. The van der Waals surface area contributed by atoms with Crippen LogP contribution in [0.3, 0.4) is 0 Å². The van der Waals surface area contributed by atoms with Gasteiger partial charge in [0.05, 0.1) is 40.7 Å². The number of sulfonamides is 1. The van der Waals surface area contributed by atoms with Crippen molar-refractivity contribution in [1.29, 1.82) is 5.26 Å². The predicted molar refractivity (Wildman–Crippen MR) is 148 cm³/mol. The number of rotatable bonds is 7. The highest BCUT2D eigenvalue weighted by Gasteiger charge is 2.28. The van der Waals surface area contributed by atoms with Crippen LogP contribution >= 0.6 is 11.9 Å². The molecule has 0 saturated heterocycles. The van der Waals surface area contributed by atoms with Crippen LogP contribution in [0.1, 0.15) is 15.9 Å². The average molecular weight is 557 g/mol. The largest absolute Gasteiger partial charge is 0.465 e. The Kier molecular flexibility index (Phi) is 7.02. The van der Waals surface area contributed by atoms with E-state index in [1.807, 2.05) is 42.5 Å². The first kappa shape index (κ1) is 25.9. The number of anilines is 1. The lowest BCUT2D eigenvalue weighted by Crippen LogP contribution is -2.16. The molecule has 0 radical (unpaired) electrons. The Hall–Kier alpha value is -4.73. The van der Waals surface area contributed by atoms with E-state index in [0.29, 0.717) is 22.6 Å². The van der Waals surface area contributed by atoms with Crippen molar-refractivity contribution in [2.45, 2.75) is 4.90 Å². The number of ether oxygens (including phenoxy) is 1. The molecule has 12 heteroatoms. The van der Waals surface area contributed by atoms with Gasteiger partial charge < -0.3 is 4.74 Å². The van der Waals surface area contributed by atoms with Gasteiger partial charge in [0, 0.05) is 17.8 Å². The number of aromatic nitrogens is 4. The SMILES string of the molecule is COC(=O)c1ccc(C#N)c(S(=O)(=O)Nc2nn(SC)c(-c3ccc4ccccc4n3)c2-c2ccccn2)c1. The van der Waals surface area contributed by atoms with Crippen molar-refractivity contribution in [1.82, 2.24) is 19.2 Å². The number of esters is 1. The summed E-state index contributed by atoms with van der Waals surface area (Å²) in [5, 5.41) is 15.1. The lowest BCUT2D eigenvalue weighted by Gasteiger charge is -2.11. The van der Waals surface area contributed by atoms with Gasteiger partial charge in [-0.3, -0.25) is 9.71 Å². The first-order valence-electron chi connectivity index (χ1n) is 11.5. The number of nitrogens with zero attached hydrogens (tertiary/aromatic N) is 5. The molecule has 39 heavy (non-hydrogen) atoms. The van der Waals surface area contributed by atoms with Crippen LogP contribution in [0.15, 0.2) is 83.9 Å². The molecule has 0 unspecified atom stereocenters. The molecule has 3 aromatic heterocycles. The van der Waals surface area contributed by atoms with E-state index in [2.05, 4.69) is 14.8 Å². The Morgan fingerprint density at radius 1 is 1.05 bits per heavy atom. The topological polar surface area (TPSA) is 140 Å². The Morgan fingerprint density at radius 3 is 2.56 bits per heavy atom. The molecule has 0 spiro atoms. The minimum Gasteiger partial charge on any atom is -0.465 e. The van der Waals surface area contributed by atoms with Gasteiger partial charge in [0.25, 0.3) is 10.0 Å². The van der Waals surface area contributed by atoms with Gasteiger partial charge in [0.2, 0.25) is 0 Å². The van der Waals surface area contributed by atoms with Gasteiger partial charge in [-0.1, -0.05) is 30.3 Å². The summed E-state index contributed by atoms with van der Waals surface area (Å²) >= 11 is 1.25. The second kappa shape index (κ2) is 10.6. The number of para-hydroxylation sites is 1. The van der Waals surface area contributed by atoms with Gasteiger partial charge in [0.1, 0.15) is 16.7 Å². The molecular formula is C27H20N6O4S2. The van der Waals surface area contributed by atoms with Crippen LogP contribution in [0, 0.1) is 11.3 Å². The molecule has 0 atom stereocenters. The van der Waals surface area contributed by atoms with Gasteiger partial charge in [0.15, 0.2) is 5.82 Å². The van der Waals surface area contributed by atoms with Crippen molar-refractivity contribution in [3.05, 3.63) is 90.1 Å². The van der Waals surface area contributed by atoms with Crippen LogP contribution in [-0.4, -0.2) is 46.9 Å². The van der Waals surface area contributed by atoms with Crippen molar-refractivity contribution < 1.29 is 17.9 Å². The minimum atomic E-state index is -4.39. The number of nitrogens with one attached hydrogen (secondary N) is 1. The summed E-state index contributed by atoms with van der Waals surface area (Å²) in [5.41, 5.74) is 2.56. The molecule has 0 amide bonds. The summed E-state index contributed by atoms with van der Waals surface area (Å²) in [4.78, 5) is 20.9. The lowest BCUT2D eigenvalue weighted by molar-refractivity contribution is 0.0600. The zero-order valence-electron chi connectivity index (χ0n) is 20.7. The average Bonchev–Trinajstić information content (AvgIpc) is 3.33. The molecule has 0 aliphatic rings. The number of pyridine rings is 2. The summed E-state index contributed by atoms with van der Waals surface area (Å²) in [6.07, 6.45) is 3.39. The van der Waals surface area contributed by atoms with E-state index in [0.717, 1.165) is 17.0 Å². The Labute approximate surface area is 228 Å². The predicted octanol–water partition coefficient (Wildman–Crippen LogP) is 4.75. The van der Waals surface area contributed by atoms with Crippen LogP contribution in [0.25, 0.3) is 33.5 Å². The third kappa shape index (κ3) is 4.93. The summed E-state index contributed by atoms with van der Waals surface area (Å²) in [6.45, 7) is 0. The molecule has 5 rings (SSSR count). The minimum absolute atomic E-state index is 0.0135. The molecule has 0 fully saturated rings. The van der Waals surface area contributed by atoms with Crippen molar-refractivity contribution in [2.24, 2.45) is 0 Å². The van der Waals surface area contributed by atoms with E-state index in [-0.39, 0.29) is 21.8 Å². The molecule has 0 aliphatic heterocycles. The van der Waals surface area contributed by atoms with Gasteiger partial charge in [-0.15, -0.1) is 5.10 Å². The number of fused-ring (bicyclic) bond motifs is 1. The van der Waals surface area contributed by atoms with E-state index in [1.165, 1.54) is 31.2 Å². The monoisotopic (exact) mass is 556 g/mol. The number of hydrogen-bond donors (Lipinski definition) is 1. The van der Waals surface area contributed by atoms with Crippen LogP contribution < -0.4 is 4.72 Å². The summed E-state index contributed by atoms with van der Waals surface area (Å²) < 4.78 is 36.1. The van der Waals surface area contributed by atoms with E-state index in [9.17, 15) is 18.5 Å². The van der Waals surface area contributed by atoms with Crippen LogP contribution in [-0.2, 0) is 14.8 Å². The number of nitriles is 1. The van der Waals surface area contributed by atoms with Gasteiger partial charge in [-0.05, 0) is 54.4 Å². The highest BCUT2D eigenvalue weighted by molar-refractivity contribution is 7.97. The second-order valence-electron chi connectivity index (χ2n) is 8.15. The molecule has 1 N–H and O–H groups in total. The first-order valence-corrected chi connectivity index (χ1v) is 14.1. The first-order chi connectivity index (χ1) is 18.9. The molecule has 5 aromatic rings. The van der Waals surface area contributed by atoms with Crippen molar-refractivity contribution in [3.63, 3.8) is 0 Å². The van der Waals surface area contributed by atoms with Crippen molar-refractivity contribution in [3.8, 4) is 28.7 Å². The fourth-order valence-electron chi connectivity index (χ4n) is 4.04. The highest BCUT2D eigenvalue weighted by Crippen LogP contribution is 2.39. The number of hydrogen-bond acceptors (Lipinski definition) is 9. The van der Waals surface area contributed by atoms with Crippen molar-refractivity contribution >= 4 is 44.7 Å². The fraction of sp³-hybridized carbons (Fsp3) is 0.0741. The molecule has 194 valence electrons. The molecule has 0 bridgehead atoms. The Balaban J connectivity index is 1.71. The third-order valence-corrected chi connectivity index (χ3v) is 7.82. The van der Waals surface area contributed by atoms with E-state index >= 15 is 0 Å².